The van der Waals surface area contributed by atoms with Gasteiger partial charge in [0, 0.05) is 44.5 Å². The van der Waals surface area contributed by atoms with Crippen LogP contribution in [-0.4, -0.2) is 60.6 Å². The molecule has 5 rings (SSSR count). The van der Waals surface area contributed by atoms with Crippen molar-refractivity contribution in [1.82, 2.24) is 14.8 Å². The summed E-state index contributed by atoms with van der Waals surface area (Å²) in [5.41, 5.74) is 4.34. The lowest BCUT2D eigenvalue weighted by molar-refractivity contribution is 0.132. The van der Waals surface area contributed by atoms with E-state index in [-0.39, 0.29) is 12.2 Å². The third-order valence-corrected chi connectivity index (χ3v) is 6.29. The Hall–Kier alpha value is -3.38. The lowest BCUT2D eigenvalue weighted by Gasteiger charge is -2.33. The average Bonchev–Trinajstić information content (AvgIpc) is 3.21. The minimum Gasteiger partial charge on any atom is -0.439 e. The topological polar surface area (TPSA) is 48.9 Å². The Morgan fingerprint density at radius 1 is 0.906 bits per heavy atom. The molecule has 0 bridgehead atoms. The zero-order valence-electron chi connectivity index (χ0n) is 18.4. The van der Waals surface area contributed by atoms with Gasteiger partial charge in [-0.25, -0.2) is 9.78 Å². The zero-order valence-corrected chi connectivity index (χ0v) is 18.4. The summed E-state index contributed by atoms with van der Waals surface area (Å²) in [5, 5.41) is 0. The maximum absolute atomic E-state index is 12.3. The molecule has 0 saturated carbocycles. The summed E-state index contributed by atoms with van der Waals surface area (Å²) in [6, 6.07) is 22.5. The van der Waals surface area contributed by atoms with Gasteiger partial charge in [0.2, 0.25) is 0 Å². The number of pyridine rings is 1. The van der Waals surface area contributed by atoms with Crippen LogP contribution in [0.1, 0.15) is 17.2 Å². The van der Waals surface area contributed by atoms with E-state index in [4.69, 9.17) is 9.72 Å². The molecule has 6 heteroatoms. The molecular weight excluding hydrogens is 400 g/mol. The van der Waals surface area contributed by atoms with E-state index < -0.39 is 0 Å². The summed E-state index contributed by atoms with van der Waals surface area (Å²) in [6.45, 7) is 5.29. The Balaban J connectivity index is 1.21. The van der Waals surface area contributed by atoms with Gasteiger partial charge in [0.1, 0.15) is 11.9 Å². The fourth-order valence-electron chi connectivity index (χ4n) is 4.28. The van der Waals surface area contributed by atoms with Gasteiger partial charge in [-0.3, -0.25) is 4.90 Å². The highest BCUT2D eigenvalue weighted by Gasteiger charge is 2.32. The van der Waals surface area contributed by atoms with E-state index in [0.29, 0.717) is 13.1 Å². The van der Waals surface area contributed by atoms with Crippen LogP contribution in [0.4, 0.5) is 10.6 Å². The molecule has 2 fully saturated rings. The first-order chi connectivity index (χ1) is 15.7. The van der Waals surface area contributed by atoms with Crippen LogP contribution < -0.4 is 4.90 Å². The van der Waals surface area contributed by atoms with Gasteiger partial charge >= 0.3 is 6.09 Å². The van der Waals surface area contributed by atoms with Crippen molar-refractivity contribution < 1.29 is 9.53 Å². The van der Waals surface area contributed by atoms with Crippen molar-refractivity contribution >= 4 is 11.9 Å². The second-order valence-corrected chi connectivity index (χ2v) is 8.56. The normalized spacial score (nSPS) is 19.3. The predicted molar refractivity (Wildman–Crippen MR) is 125 cm³/mol. The summed E-state index contributed by atoms with van der Waals surface area (Å²) in [7, 11) is 2.16. The number of anilines is 1. The van der Waals surface area contributed by atoms with Crippen molar-refractivity contribution in [3.63, 3.8) is 0 Å². The number of benzene rings is 2. The number of ether oxygens (including phenoxy) is 1. The molecule has 2 aliphatic heterocycles. The van der Waals surface area contributed by atoms with E-state index >= 15 is 0 Å². The van der Waals surface area contributed by atoms with Crippen molar-refractivity contribution in [2.24, 2.45) is 0 Å². The van der Waals surface area contributed by atoms with E-state index in [2.05, 4.69) is 53.2 Å². The van der Waals surface area contributed by atoms with Crippen molar-refractivity contribution in [3.05, 3.63) is 84.1 Å². The quantitative estimate of drug-likeness (QED) is 0.610. The molecule has 0 aliphatic carbocycles. The van der Waals surface area contributed by atoms with E-state index in [0.717, 1.165) is 54.3 Å². The molecule has 6 nitrogen and oxygen atoms in total. The Morgan fingerprint density at radius 2 is 1.62 bits per heavy atom. The highest BCUT2D eigenvalue weighted by molar-refractivity contribution is 5.70. The maximum atomic E-state index is 12.3. The van der Waals surface area contributed by atoms with E-state index in [1.807, 2.05) is 36.5 Å². The predicted octanol–water partition coefficient (Wildman–Crippen LogP) is 4.19. The molecule has 2 aliphatic rings. The van der Waals surface area contributed by atoms with Crippen LogP contribution in [0.5, 0.6) is 0 Å². The number of aromatic nitrogens is 1. The highest BCUT2D eigenvalue weighted by Crippen LogP contribution is 2.28. The minimum absolute atomic E-state index is 0.201. The lowest BCUT2D eigenvalue weighted by Crippen LogP contribution is -2.44. The number of cyclic esters (lactones) is 1. The molecule has 1 unspecified atom stereocenters. The molecule has 0 N–H and O–H groups in total. The largest absolute Gasteiger partial charge is 0.439 e. The van der Waals surface area contributed by atoms with Gasteiger partial charge in [0.25, 0.3) is 0 Å². The lowest BCUT2D eigenvalue weighted by atomic mass is 10.1. The smallest absolute Gasteiger partial charge is 0.410 e. The number of rotatable bonds is 5. The van der Waals surface area contributed by atoms with Crippen molar-refractivity contribution in [1.29, 1.82) is 0 Å². The Morgan fingerprint density at radius 3 is 2.31 bits per heavy atom. The van der Waals surface area contributed by atoms with E-state index in [1.54, 1.807) is 4.90 Å². The second-order valence-electron chi connectivity index (χ2n) is 8.56. The van der Waals surface area contributed by atoms with E-state index in [9.17, 15) is 4.79 Å². The first-order valence-electron chi connectivity index (χ1n) is 11.1. The number of hydrogen-bond donors (Lipinski definition) is 0. The third-order valence-electron chi connectivity index (χ3n) is 6.29. The molecule has 1 aromatic heterocycles. The monoisotopic (exact) mass is 428 g/mol. The van der Waals surface area contributed by atoms with Crippen LogP contribution in [0, 0.1) is 0 Å². The van der Waals surface area contributed by atoms with Crippen molar-refractivity contribution in [3.8, 4) is 11.1 Å². The number of amides is 1. The molecule has 164 valence electrons. The summed E-state index contributed by atoms with van der Waals surface area (Å²) < 4.78 is 5.56. The molecule has 0 radical (unpaired) electrons. The second kappa shape index (κ2) is 9.01. The molecule has 1 atom stereocenters. The fraction of sp³-hybridized carbons (Fsp3) is 0.308. The number of nitrogens with zero attached hydrogens (tertiary/aromatic N) is 4. The van der Waals surface area contributed by atoms with Crippen LogP contribution in [-0.2, 0) is 11.3 Å². The molecule has 3 heterocycles. The van der Waals surface area contributed by atoms with Gasteiger partial charge in [0.05, 0.1) is 6.54 Å². The molecular formula is C26H28N4O2. The summed E-state index contributed by atoms with van der Waals surface area (Å²) in [6.07, 6.45) is 1.49. The Bertz CT molecular complexity index is 1050. The SMILES string of the molecule is CN1CCN(c2ccc(-c3ccc(CN4CC(c5ccccc5)OC4=O)cc3)cn2)CC1. The van der Waals surface area contributed by atoms with Gasteiger partial charge in [-0.1, -0.05) is 54.6 Å². The van der Waals surface area contributed by atoms with Gasteiger partial charge in [-0.2, -0.15) is 0 Å². The number of carbonyl (C=O) groups excluding carboxylic acids is 1. The standard InChI is InChI=1S/C26H28N4O2/c1-28-13-15-29(16-14-28)25-12-11-23(17-27-25)21-9-7-20(8-10-21)18-30-19-24(32-26(30)31)22-5-3-2-4-6-22/h2-12,17,24H,13-16,18-19H2,1H3. The first-order valence-corrected chi connectivity index (χ1v) is 11.1. The summed E-state index contributed by atoms with van der Waals surface area (Å²) in [4.78, 5) is 23.5. The average molecular weight is 429 g/mol. The fourth-order valence-corrected chi connectivity index (χ4v) is 4.28. The van der Waals surface area contributed by atoms with Gasteiger partial charge in [-0.05, 0) is 35.9 Å². The Kier molecular flexibility index (Phi) is 5.77. The number of carbonyl (C=O) groups is 1. The summed E-state index contributed by atoms with van der Waals surface area (Å²) >= 11 is 0. The molecule has 3 aromatic rings. The number of piperazine rings is 1. The van der Waals surface area contributed by atoms with Crippen LogP contribution in [0.2, 0.25) is 0 Å². The van der Waals surface area contributed by atoms with Crippen molar-refractivity contribution in [2.75, 3.05) is 44.7 Å². The molecule has 2 aromatic carbocycles. The van der Waals surface area contributed by atoms with Gasteiger partial charge in [-0.15, -0.1) is 0 Å². The molecule has 2 saturated heterocycles. The zero-order chi connectivity index (χ0) is 21.9. The van der Waals surface area contributed by atoms with Crippen LogP contribution in [0.15, 0.2) is 72.9 Å². The molecule has 1 amide bonds. The van der Waals surface area contributed by atoms with Crippen LogP contribution >= 0.6 is 0 Å². The number of likely N-dealkylation sites (N-methyl/N-ethyl adjacent to an activating group) is 1. The minimum atomic E-state index is -0.258. The van der Waals surface area contributed by atoms with Crippen LogP contribution in [0.25, 0.3) is 11.1 Å². The summed E-state index contributed by atoms with van der Waals surface area (Å²) in [5.74, 6) is 1.04. The van der Waals surface area contributed by atoms with Gasteiger partial charge in [0.15, 0.2) is 0 Å². The van der Waals surface area contributed by atoms with E-state index in [1.165, 1.54) is 0 Å². The van der Waals surface area contributed by atoms with Gasteiger partial charge < -0.3 is 14.5 Å². The number of hydrogen-bond acceptors (Lipinski definition) is 5. The maximum Gasteiger partial charge on any atom is 0.410 e. The third kappa shape index (κ3) is 4.46. The van der Waals surface area contributed by atoms with Crippen LogP contribution in [0.3, 0.4) is 0 Å². The molecule has 32 heavy (non-hydrogen) atoms. The highest BCUT2D eigenvalue weighted by atomic mass is 16.6. The Labute approximate surface area is 189 Å². The van der Waals surface area contributed by atoms with Crippen molar-refractivity contribution in [2.45, 2.75) is 12.6 Å². The first kappa shape index (κ1) is 20.5. The molecule has 0 spiro atoms.